The zero-order chi connectivity index (χ0) is 21.3. The van der Waals surface area contributed by atoms with Gasteiger partial charge in [-0.1, -0.05) is 30.3 Å². The van der Waals surface area contributed by atoms with Crippen LogP contribution in [0.25, 0.3) is 4.91 Å². The summed E-state index contributed by atoms with van der Waals surface area (Å²) in [6, 6.07) is 10.8. The van der Waals surface area contributed by atoms with Crippen molar-refractivity contribution in [3.63, 3.8) is 0 Å². The van der Waals surface area contributed by atoms with Gasteiger partial charge in [0.15, 0.2) is 0 Å². The number of hydrogen-bond donors (Lipinski definition) is 0. The first-order valence-corrected chi connectivity index (χ1v) is 11.5. The van der Waals surface area contributed by atoms with Gasteiger partial charge in [0.05, 0.1) is 0 Å². The van der Waals surface area contributed by atoms with Gasteiger partial charge in [-0.15, -0.1) is 4.40 Å². The van der Waals surface area contributed by atoms with E-state index in [0.717, 1.165) is 6.42 Å². The first-order valence-electron chi connectivity index (χ1n) is 10.1. The third-order valence-electron chi connectivity index (χ3n) is 5.49. The molecule has 1 saturated heterocycles. The average molecular weight is 428 g/mol. The lowest BCUT2D eigenvalue weighted by atomic mass is 10.1. The Kier molecular flexibility index (Phi) is 5.46. The Hall–Kier alpha value is -2.94. The van der Waals surface area contributed by atoms with Crippen molar-refractivity contribution >= 4 is 26.7 Å². The topological polar surface area (TPSA) is 87.9 Å². The molecule has 8 nitrogen and oxygen atoms in total. The number of rotatable bonds is 3. The van der Waals surface area contributed by atoms with Crippen molar-refractivity contribution in [2.75, 3.05) is 26.2 Å². The summed E-state index contributed by atoms with van der Waals surface area (Å²) >= 11 is 0. The van der Waals surface area contributed by atoms with Crippen molar-refractivity contribution in [1.29, 1.82) is 0 Å². The zero-order valence-corrected chi connectivity index (χ0v) is 18.0. The van der Waals surface area contributed by atoms with Crippen LogP contribution in [0, 0.1) is 0 Å². The number of hydrogen-bond acceptors (Lipinski definition) is 5. The van der Waals surface area contributed by atoms with Crippen molar-refractivity contribution in [2.24, 2.45) is 4.40 Å². The predicted octanol–water partition coefficient (Wildman–Crippen LogP) is 2.22. The van der Waals surface area contributed by atoms with Crippen molar-refractivity contribution in [2.45, 2.75) is 26.8 Å². The number of aryl methyl sites for hydroxylation is 1. The fraction of sp³-hybridized carbons (Fsp3) is 0.381. The van der Waals surface area contributed by atoms with Crippen LogP contribution in [0.1, 0.15) is 36.3 Å². The molecule has 4 rings (SSSR count). The van der Waals surface area contributed by atoms with Crippen molar-refractivity contribution in [1.82, 2.24) is 19.6 Å². The van der Waals surface area contributed by atoms with E-state index >= 15 is 0 Å². The van der Waals surface area contributed by atoms with Gasteiger partial charge in [0, 0.05) is 44.5 Å². The molecule has 9 heteroatoms. The molecule has 0 radical (unpaired) electrons. The number of carbonyl (C=O) groups is 1. The third-order valence-corrected chi connectivity index (χ3v) is 6.97. The van der Waals surface area contributed by atoms with Crippen molar-refractivity contribution in [3.8, 4) is 0 Å². The summed E-state index contributed by atoms with van der Waals surface area (Å²) in [5.41, 5.74) is 1.88. The van der Waals surface area contributed by atoms with E-state index < -0.39 is 10.0 Å². The van der Waals surface area contributed by atoms with Gasteiger partial charge in [0.1, 0.15) is 16.4 Å². The Bertz CT molecular complexity index is 1120. The molecule has 2 aliphatic rings. The summed E-state index contributed by atoms with van der Waals surface area (Å²) in [6.45, 7) is 6.67. The van der Waals surface area contributed by atoms with E-state index in [-0.39, 0.29) is 10.8 Å². The van der Waals surface area contributed by atoms with Crippen LogP contribution in [0.3, 0.4) is 0 Å². The lowest BCUT2D eigenvalue weighted by Crippen LogP contribution is -2.38. The van der Waals surface area contributed by atoms with Crippen LogP contribution in [-0.2, 0) is 16.6 Å². The molecule has 0 spiro atoms. The van der Waals surface area contributed by atoms with Crippen molar-refractivity contribution < 1.29 is 13.2 Å². The Morgan fingerprint density at radius 3 is 2.57 bits per heavy atom. The Morgan fingerprint density at radius 1 is 1.07 bits per heavy atom. The van der Waals surface area contributed by atoms with Crippen LogP contribution in [0.2, 0.25) is 0 Å². The van der Waals surface area contributed by atoms with Crippen LogP contribution < -0.4 is 0 Å². The molecule has 2 aromatic rings. The molecule has 2 aliphatic heterocycles. The van der Waals surface area contributed by atoms with Gasteiger partial charge in [0.2, 0.25) is 0 Å². The first kappa shape index (κ1) is 20.3. The maximum absolute atomic E-state index is 12.9. The van der Waals surface area contributed by atoms with Crippen LogP contribution in [0.4, 0.5) is 0 Å². The SMILES string of the molecule is CCn1nccc1C(=O)N1CCCN(C2=NS(=O)(=O)C(c3ccccc3)=C2C)CC1. The molecule has 1 fully saturated rings. The van der Waals surface area contributed by atoms with E-state index in [1.54, 1.807) is 36.0 Å². The van der Waals surface area contributed by atoms with E-state index in [0.29, 0.717) is 55.4 Å². The number of aromatic nitrogens is 2. The molecule has 0 unspecified atom stereocenters. The second kappa shape index (κ2) is 8.06. The van der Waals surface area contributed by atoms with Gasteiger partial charge < -0.3 is 9.80 Å². The molecule has 1 aromatic heterocycles. The molecule has 30 heavy (non-hydrogen) atoms. The normalized spacial score (nSPS) is 19.1. The molecule has 0 saturated carbocycles. The van der Waals surface area contributed by atoms with Crippen LogP contribution in [0.5, 0.6) is 0 Å². The number of sulfonamides is 1. The molecular formula is C21H25N5O3S. The lowest BCUT2D eigenvalue weighted by Gasteiger charge is -2.24. The minimum absolute atomic E-state index is 0.0468. The smallest absolute Gasteiger partial charge is 0.285 e. The summed E-state index contributed by atoms with van der Waals surface area (Å²) in [4.78, 5) is 17.0. The molecule has 0 atom stereocenters. The monoisotopic (exact) mass is 427 g/mol. The molecule has 0 aliphatic carbocycles. The van der Waals surface area contributed by atoms with Crippen LogP contribution >= 0.6 is 0 Å². The summed E-state index contributed by atoms with van der Waals surface area (Å²) in [5.74, 6) is 0.441. The lowest BCUT2D eigenvalue weighted by molar-refractivity contribution is 0.0751. The van der Waals surface area contributed by atoms with Crippen LogP contribution in [-0.4, -0.2) is 65.9 Å². The number of nitrogens with zero attached hydrogens (tertiary/aromatic N) is 5. The quantitative estimate of drug-likeness (QED) is 0.750. The van der Waals surface area contributed by atoms with Gasteiger partial charge in [-0.3, -0.25) is 9.48 Å². The third kappa shape index (κ3) is 3.65. The zero-order valence-electron chi connectivity index (χ0n) is 17.2. The van der Waals surface area contributed by atoms with E-state index in [9.17, 15) is 13.2 Å². The van der Waals surface area contributed by atoms with Crippen LogP contribution in [0.15, 0.2) is 52.6 Å². The summed E-state index contributed by atoms with van der Waals surface area (Å²) < 4.78 is 31.3. The van der Waals surface area contributed by atoms with E-state index in [1.165, 1.54) is 0 Å². The molecule has 0 bridgehead atoms. The first-order chi connectivity index (χ1) is 14.4. The highest BCUT2D eigenvalue weighted by molar-refractivity contribution is 8.00. The van der Waals surface area contributed by atoms with Crippen molar-refractivity contribution in [3.05, 3.63) is 59.4 Å². The Balaban J connectivity index is 1.55. The number of amides is 1. The molecular weight excluding hydrogens is 402 g/mol. The maximum atomic E-state index is 12.9. The summed E-state index contributed by atoms with van der Waals surface area (Å²) in [6.07, 6.45) is 2.37. The van der Waals surface area contributed by atoms with Gasteiger partial charge in [-0.05, 0) is 31.9 Å². The highest BCUT2D eigenvalue weighted by Gasteiger charge is 2.34. The van der Waals surface area contributed by atoms with Gasteiger partial charge in [-0.2, -0.15) is 13.5 Å². The molecule has 0 N–H and O–H groups in total. The second-order valence-corrected chi connectivity index (χ2v) is 8.92. The number of carbonyl (C=O) groups excluding carboxylic acids is 1. The molecule has 158 valence electrons. The standard InChI is InChI=1S/C21H25N5O3S/c1-3-26-18(10-11-22-26)21(27)25-13-7-12-24(14-15-25)20-16(2)19(30(28,29)23-20)17-8-5-4-6-9-17/h4-6,8-11H,3,7,12-15H2,1-2H3. The van der Waals surface area contributed by atoms with E-state index in [4.69, 9.17) is 0 Å². The van der Waals surface area contributed by atoms with Gasteiger partial charge in [-0.25, -0.2) is 0 Å². The minimum atomic E-state index is -3.74. The van der Waals surface area contributed by atoms with E-state index in [2.05, 4.69) is 9.50 Å². The fourth-order valence-electron chi connectivity index (χ4n) is 4.03. The maximum Gasteiger partial charge on any atom is 0.285 e. The highest BCUT2D eigenvalue weighted by atomic mass is 32.2. The average Bonchev–Trinajstić information content (AvgIpc) is 3.20. The molecule has 3 heterocycles. The Morgan fingerprint density at radius 2 is 1.83 bits per heavy atom. The summed E-state index contributed by atoms with van der Waals surface area (Å²) in [7, 11) is -3.74. The van der Waals surface area contributed by atoms with Gasteiger partial charge in [0.25, 0.3) is 15.9 Å². The Labute approximate surface area is 176 Å². The van der Waals surface area contributed by atoms with E-state index in [1.807, 2.05) is 34.9 Å². The number of benzene rings is 1. The number of amidine groups is 1. The molecule has 1 amide bonds. The highest BCUT2D eigenvalue weighted by Crippen LogP contribution is 2.33. The van der Waals surface area contributed by atoms with Gasteiger partial charge >= 0.3 is 0 Å². The largest absolute Gasteiger partial charge is 0.354 e. The second-order valence-electron chi connectivity index (χ2n) is 7.38. The predicted molar refractivity (Wildman–Crippen MR) is 115 cm³/mol. The summed E-state index contributed by atoms with van der Waals surface area (Å²) in [5, 5.41) is 4.18. The fourth-order valence-corrected chi connectivity index (χ4v) is 5.52. The molecule has 1 aromatic carbocycles. The minimum Gasteiger partial charge on any atom is -0.354 e.